The molecule has 1 amide bonds. The highest BCUT2D eigenvalue weighted by Crippen LogP contribution is 2.15. The van der Waals surface area contributed by atoms with Gasteiger partial charge in [-0.05, 0) is 35.9 Å². The lowest BCUT2D eigenvalue weighted by Crippen LogP contribution is -2.23. The molecule has 0 aromatic heterocycles. The van der Waals surface area contributed by atoms with E-state index in [0.29, 0.717) is 12.1 Å². The zero-order valence-electron chi connectivity index (χ0n) is 10.2. The van der Waals surface area contributed by atoms with E-state index in [-0.39, 0.29) is 5.91 Å². The molecule has 2 rings (SSSR count). The SMILES string of the molecule is NNc1ccc(C(=O)NCc2ccccc2Br)cc1. The van der Waals surface area contributed by atoms with Gasteiger partial charge in [-0.15, -0.1) is 0 Å². The van der Waals surface area contributed by atoms with E-state index in [2.05, 4.69) is 26.7 Å². The Bertz CT molecular complexity index is 569. The van der Waals surface area contributed by atoms with Gasteiger partial charge in [0, 0.05) is 22.3 Å². The number of rotatable bonds is 4. The Balaban J connectivity index is 1.99. The summed E-state index contributed by atoms with van der Waals surface area (Å²) in [5.74, 6) is 5.16. The van der Waals surface area contributed by atoms with Gasteiger partial charge in [0.25, 0.3) is 5.91 Å². The average molecular weight is 320 g/mol. The summed E-state index contributed by atoms with van der Waals surface area (Å²) in [5, 5.41) is 2.87. The molecule has 19 heavy (non-hydrogen) atoms. The molecule has 0 fully saturated rings. The number of nitrogens with two attached hydrogens (primary N) is 1. The highest BCUT2D eigenvalue weighted by molar-refractivity contribution is 9.10. The molecule has 4 nitrogen and oxygen atoms in total. The molecule has 0 atom stereocenters. The highest BCUT2D eigenvalue weighted by Gasteiger charge is 2.06. The molecule has 0 aliphatic carbocycles. The summed E-state index contributed by atoms with van der Waals surface area (Å²) < 4.78 is 0.984. The topological polar surface area (TPSA) is 67.1 Å². The molecule has 2 aromatic carbocycles. The summed E-state index contributed by atoms with van der Waals surface area (Å²) >= 11 is 3.45. The van der Waals surface area contributed by atoms with Crippen LogP contribution < -0.4 is 16.6 Å². The minimum Gasteiger partial charge on any atom is -0.348 e. The highest BCUT2D eigenvalue weighted by atomic mass is 79.9. The van der Waals surface area contributed by atoms with Crippen LogP contribution in [-0.4, -0.2) is 5.91 Å². The largest absolute Gasteiger partial charge is 0.348 e. The van der Waals surface area contributed by atoms with E-state index in [9.17, 15) is 4.79 Å². The van der Waals surface area contributed by atoms with Gasteiger partial charge in [-0.1, -0.05) is 34.1 Å². The number of carbonyl (C=O) groups is 1. The molecule has 0 unspecified atom stereocenters. The predicted molar refractivity (Wildman–Crippen MR) is 79.6 cm³/mol. The lowest BCUT2D eigenvalue weighted by molar-refractivity contribution is 0.0951. The van der Waals surface area contributed by atoms with Gasteiger partial charge in [0.15, 0.2) is 0 Å². The number of halogens is 1. The van der Waals surface area contributed by atoms with Crippen LogP contribution >= 0.6 is 15.9 Å². The third-order valence-electron chi connectivity index (χ3n) is 2.71. The van der Waals surface area contributed by atoms with Crippen LogP contribution in [-0.2, 0) is 6.54 Å². The second-order valence-electron chi connectivity index (χ2n) is 4.00. The first-order valence-corrected chi connectivity index (χ1v) is 6.58. The van der Waals surface area contributed by atoms with Crippen molar-refractivity contribution < 1.29 is 4.79 Å². The van der Waals surface area contributed by atoms with Crippen molar-refractivity contribution in [3.8, 4) is 0 Å². The summed E-state index contributed by atoms with van der Waals surface area (Å²) in [6, 6.07) is 14.8. The van der Waals surface area contributed by atoms with Gasteiger partial charge in [0.1, 0.15) is 0 Å². The molecule has 0 bridgehead atoms. The maximum absolute atomic E-state index is 12.0. The van der Waals surface area contributed by atoms with Crippen LogP contribution in [0.25, 0.3) is 0 Å². The normalized spacial score (nSPS) is 10.0. The van der Waals surface area contributed by atoms with Crippen molar-refractivity contribution in [2.75, 3.05) is 5.43 Å². The Morgan fingerprint density at radius 1 is 1.11 bits per heavy atom. The lowest BCUT2D eigenvalue weighted by atomic mass is 10.2. The number of benzene rings is 2. The maximum atomic E-state index is 12.0. The molecule has 5 heteroatoms. The summed E-state index contributed by atoms with van der Waals surface area (Å²) in [7, 11) is 0. The number of anilines is 1. The van der Waals surface area contributed by atoms with E-state index in [1.165, 1.54) is 0 Å². The van der Waals surface area contributed by atoms with Gasteiger partial charge in [-0.2, -0.15) is 0 Å². The van der Waals surface area contributed by atoms with Crippen molar-refractivity contribution >= 4 is 27.5 Å². The molecule has 2 aromatic rings. The average Bonchev–Trinajstić information content (AvgIpc) is 2.46. The van der Waals surface area contributed by atoms with Gasteiger partial charge in [0.2, 0.25) is 0 Å². The van der Waals surface area contributed by atoms with E-state index >= 15 is 0 Å². The van der Waals surface area contributed by atoms with Crippen LogP contribution in [0.15, 0.2) is 53.0 Å². The Morgan fingerprint density at radius 3 is 2.42 bits per heavy atom. The Kier molecular flexibility index (Phi) is 4.54. The minimum atomic E-state index is -0.112. The van der Waals surface area contributed by atoms with Crippen molar-refractivity contribution in [1.29, 1.82) is 0 Å². The van der Waals surface area contributed by atoms with Gasteiger partial charge in [0.05, 0.1) is 0 Å². The molecule has 0 aliphatic rings. The molecule has 0 spiro atoms. The molecule has 0 saturated carbocycles. The van der Waals surface area contributed by atoms with Gasteiger partial charge in [-0.3, -0.25) is 10.6 Å². The standard InChI is InChI=1S/C14H14BrN3O/c15-13-4-2-1-3-11(13)9-17-14(19)10-5-7-12(18-16)8-6-10/h1-8,18H,9,16H2,(H,17,19). The Labute approximate surface area is 120 Å². The number of hydrogen-bond donors (Lipinski definition) is 3. The van der Waals surface area contributed by atoms with Crippen LogP contribution in [0.1, 0.15) is 15.9 Å². The summed E-state index contributed by atoms with van der Waals surface area (Å²) in [6.45, 7) is 0.483. The first kappa shape index (κ1) is 13.6. The van der Waals surface area contributed by atoms with Crippen molar-refractivity contribution in [1.82, 2.24) is 5.32 Å². The predicted octanol–water partition coefficient (Wildman–Crippen LogP) is 2.66. The fourth-order valence-electron chi connectivity index (χ4n) is 1.64. The summed E-state index contributed by atoms with van der Waals surface area (Å²) in [5.41, 5.74) is 4.93. The number of nitrogen functional groups attached to an aromatic ring is 1. The molecule has 0 aliphatic heterocycles. The molecule has 0 saturated heterocycles. The lowest BCUT2D eigenvalue weighted by Gasteiger charge is -2.07. The van der Waals surface area contributed by atoms with Crippen molar-refractivity contribution in [3.05, 3.63) is 64.1 Å². The first-order chi connectivity index (χ1) is 9.20. The smallest absolute Gasteiger partial charge is 0.251 e. The number of nitrogens with one attached hydrogen (secondary N) is 2. The number of hydrogen-bond acceptors (Lipinski definition) is 3. The van der Waals surface area contributed by atoms with Crippen LogP contribution in [0.3, 0.4) is 0 Å². The Morgan fingerprint density at radius 2 is 1.79 bits per heavy atom. The van der Waals surface area contributed by atoms with Gasteiger partial charge < -0.3 is 10.7 Å². The third kappa shape index (κ3) is 3.56. The van der Waals surface area contributed by atoms with Gasteiger partial charge >= 0.3 is 0 Å². The van der Waals surface area contributed by atoms with Crippen molar-refractivity contribution in [3.63, 3.8) is 0 Å². The number of amides is 1. The number of carbonyl (C=O) groups excluding carboxylic acids is 1. The molecule has 98 valence electrons. The van der Waals surface area contributed by atoms with Crippen LogP contribution in [0, 0.1) is 0 Å². The van der Waals surface area contributed by atoms with E-state index < -0.39 is 0 Å². The minimum absolute atomic E-state index is 0.112. The quantitative estimate of drug-likeness (QED) is 0.599. The van der Waals surface area contributed by atoms with E-state index in [1.807, 2.05) is 24.3 Å². The first-order valence-electron chi connectivity index (χ1n) is 5.79. The maximum Gasteiger partial charge on any atom is 0.251 e. The van der Waals surface area contributed by atoms with E-state index in [1.54, 1.807) is 24.3 Å². The zero-order valence-corrected chi connectivity index (χ0v) is 11.8. The molecular formula is C14H14BrN3O. The number of hydrazine groups is 1. The summed E-state index contributed by atoms with van der Waals surface area (Å²) in [4.78, 5) is 12.0. The second-order valence-corrected chi connectivity index (χ2v) is 4.85. The second kappa shape index (κ2) is 6.36. The van der Waals surface area contributed by atoms with Crippen molar-refractivity contribution in [2.24, 2.45) is 5.84 Å². The molecule has 0 heterocycles. The fraction of sp³-hybridized carbons (Fsp3) is 0.0714. The molecule has 4 N–H and O–H groups in total. The van der Waals surface area contributed by atoms with E-state index in [4.69, 9.17) is 5.84 Å². The van der Waals surface area contributed by atoms with Crippen LogP contribution in [0.2, 0.25) is 0 Å². The van der Waals surface area contributed by atoms with Crippen molar-refractivity contribution in [2.45, 2.75) is 6.54 Å². The zero-order chi connectivity index (χ0) is 13.7. The van der Waals surface area contributed by atoms with Gasteiger partial charge in [-0.25, -0.2) is 0 Å². The summed E-state index contributed by atoms with van der Waals surface area (Å²) in [6.07, 6.45) is 0. The molecule has 0 radical (unpaired) electrons. The molecular weight excluding hydrogens is 306 g/mol. The van der Waals surface area contributed by atoms with Crippen LogP contribution in [0.5, 0.6) is 0 Å². The fourth-order valence-corrected chi connectivity index (χ4v) is 2.06. The third-order valence-corrected chi connectivity index (χ3v) is 3.48. The monoisotopic (exact) mass is 319 g/mol. The van der Waals surface area contributed by atoms with Crippen LogP contribution in [0.4, 0.5) is 5.69 Å². The Hall–Kier alpha value is -1.85. The van der Waals surface area contributed by atoms with E-state index in [0.717, 1.165) is 15.7 Å².